The Morgan fingerprint density at radius 3 is 1.86 bits per heavy atom. The maximum absolute atomic E-state index is 14.5. The molecule has 0 heterocycles. The Balaban J connectivity index is 1.34. The van der Waals surface area contributed by atoms with Gasteiger partial charge in [0, 0.05) is 0 Å². The maximum Gasteiger partial charge on any atom is 0.426 e. The summed E-state index contributed by atoms with van der Waals surface area (Å²) in [6, 6.07) is 15.1. The first-order valence-corrected chi connectivity index (χ1v) is 11.2. The Hall–Kier alpha value is -1.90. The summed E-state index contributed by atoms with van der Waals surface area (Å²) in [5.41, 5.74) is 1.11. The minimum atomic E-state index is -3.32. The molecule has 2 aliphatic rings. The van der Waals surface area contributed by atoms with Crippen LogP contribution in [-0.4, -0.2) is 0 Å². The predicted octanol–water partition coefficient (Wildman–Crippen LogP) is 7.92. The van der Waals surface area contributed by atoms with Gasteiger partial charge in [0.05, 0.1) is 5.56 Å². The minimum Gasteiger partial charge on any atom is -0.429 e. The van der Waals surface area contributed by atoms with Crippen LogP contribution in [0.4, 0.5) is 8.78 Å². The van der Waals surface area contributed by atoms with Crippen LogP contribution in [0.3, 0.4) is 0 Å². The molecule has 0 saturated heterocycles. The Bertz CT molecular complexity index is 755. The van der Waals surface area contributed by atoms with Crippen molar-refractivity contribution < 1.29 is 13.5 Å². The van der Waals surface area contributed by atoms with E-state index in [2.05, 4.69) is 6.92 Å². The van der Waals surface area contributed by atoms with Crippen molar-refractivity contribution in [1.82, 2.24) is 0 Å². The molecular formula is C26H32F2O. The Morgan fingerprint density at radius 2 is 1.28 bits per heavy atom. The Kier molecular flexibility index (Phi) is 6.22. The number of hydrogen-bond donors (Lipinski definition) is 0. The van der Waals surface area contributed by atoms with Crippen molar-refractivity contribution in [3.8, 4) is 5.75 Å². The molecule has 2 saturated carbocycles. The van der Waals surface area contributed by atoms with Gasteiger partial charge in [-0.3, -0.25) is 0 Å². The molecule has 0 radical (unpaired) electrons. The smallest absolute Gasteiger partial charge is 0.426 e. The van der Waals surface area contributed by atoms with Crippen LogP contribution in [0.5, 0.6) is 5.75 Å². The lowest BCUT2D eigenvalue weighted by Gasteiger charge is -2.37. The molecule has 0 amide bonds. The second-order valence-corrected chi connectivity index (χ2v) is 9.19. The van der Waals surface area contributed by atoms with Crippen molar-refractivity contribution in [1.29, 1.82) is 0 Å². The van der Waals surface area contributed by atoms with E-state index >= 15 is 0 Å². The topological polar surface area (TPSA) is 9.23 Å². The molecule has 0 N–H and O–H groups in total. The molecule has 0 unspecified atom stereocenters. The lowest BCUT2D eigenvalue weighted by atomic mass is 9.68. The van der Waals surface area contributed by atoms with Gasteiger partial charge in [0.1, 0.15) is 5.75 Å². The van der Waals surface area contributed by atoms with E-state index in [4.69, 9.17) is 4.74 Å². The molecule has 2 aliphatic carbocycles. The lowest BCUT2D eigenvalue weighted by molar-refractivity contribution is -0.185. The fraction of sp³-hybridized carbons (Fsp3) is 0.538. The standard InChI is InChI=1S/C26H32F2O/c1-19-7-9-20(10-8-19)21-11-13-22(14-12-21)23-15-17-24(18-16-23)26(27,28)29-25-5-3-2-4-6-25/h2-6,15-22H,7-14H2,1H3. The zero-order valence-corrected chi connectivity index (χ0v) is 17.3. The molecule has 0 atom stereocenters. The van der Waals surface area contributed by atoms with E-state index in [1.54, 1.807) is 30.3 Å². The van der Waals surface area contributed by atoms with E-state index in [0.717, 1.165) is 17.8 Å². The molecule has 156 valence electrons. The second-order valence-electron chi connectivity index (χ2n) is 9.19. The number of para-hydroxylation sites is 1. The largest absolute Gasteiger partial charge is 0.429 e. The van der Waals surface area contributed by atoms with Crippen molar-refractivity contribution in [2.45, 2.75) is 70.3 Å². The predicted molar refractivity (Wildman–Crippen MR) is 113 cm³/mol. The van der Waals surface area contributed by atoms with Crippen molar-refractivity contribution >= 4 is 0 Å². The highest BCUT2D eigenvalue weighted by Gasteiger charge is 2.35. The fourth-order valence-corrected chi connectivity index (χ4v) is 5.33. The van der Waals surface area contributed by atoms with Crippen LogP contribution in [0.2, 0.25) is 0 Å². The Labute approximate surface area is 173 Å². The summed E-state index contributed by atoms with van der Waals surface area (Å²) in [5.74, 6) is 3.39. The van der Waals surface area contributed by atoms with Gasteiger partial charge >= 0.3 is 6.11 Å². The first kappa shape index (κ1) is 20.4. The quantitative estimate of drug-likeness (QED) is 0.497. The van der Waals surface area contributed by atoms with Crippen molar-refractivity contribution in [2.24, 2.45) is 17.8 Å². The molecule has 1 nitrogen and oxygen atoms in total. The number of rotatable bonds is 5. The SMILES string of the molecule is CC1CCC(C2CCC(c3ccc(C(F)(F)Oc4ccccc4)cc3)CC2)CC1. The highest BCUT2D eigenvalue weighted by molar-refractivity contribution is 5.29. The van der Waals surface area contributed by atoms with Gasteiger partial charge in [-0.05, 0) is 92.0 Å². The lowest BCUT2D eigenvalue weighted by Crippen LogP contribution is -2.25. The highest BCUT2D eigenvalue weighted by atomic mass is 19.3. The summed E-state index contributed by atoms with van der Waals surface area (Å²) < 4.78 is 33.9. The van der Waals surface area contributed by atoms with Gasteiger partial charge in [0.15, 0.2) is 0 Å². The fourth-order valence-electron chi connectivity index (χ4n) is 5.33. The van der Waals surface area contributed by atoms with Gasteiger partial charge in [-0.1, -0.05) is 50.1 Å². The zero-order chi connectivity index (χ0) is 20.3. The van der Waals surface area contributed by atoms with Crippen LogP contribution in [0.15, 0.2) is 54.6 Å². The molecule has 0 bridgehead atoms. The van der Waals surface area contributed by atoms with Crippen LogP contribution >= 0.6 is 0 Å². The first-order valence-electron chi connectivity index (χ1n) is 11.2. The van der Waals surface area contributed by atoms with E-state index in [-0.39, 0.29) is 11.3 Å². The van der Waals surface area contributed by atoms with E-state index in [1.807, 2.05) is 12.1 Å². The Morgan fingerprint density at radius 1 is 0.724 bits per heavy atom. The van der Waals surface area contributed by atoms with Gasteiger partial charge in [-0.15, -0.1) is 0 Å². The third kappa shape index (κ3) is 4.99. The van der Waals surface area contributed by atoms with Gasteiger partial charge in [0.2, 0.25) is 0 Å². The normalized spacial score (nSPS) is 28.1. The molecule has 4 rings (SSSR count). The third-order valence-corrected chi connectivity index (χ3v) is 7.21. The number of alkyl halides is 2. The number of ether oxygens (including phenoxy) is 1. The number of benzene rings is 2. The molecule has 0 aliphatic heterocycles. The van der Waals surface area contributed by atoms with Crippen LogP contribution in [0.1, 0.15) is 75.3 Å². The molecule has 3 heteroatoms. The van der Waals surface area contributed by atoms with Crippen LogP contribution in [0.25, 0.3) is 0 Å². The van der Waals surface area contributed by atoms with Crippen molar-refractivity contribution in [2.75, 3.05) is 0 Å². The summed E-state index contributed by atoms with van der Waals surface area (Å²) in [4.78, 5) is 0. The first-order chi connectivity index (χ1) is 14.0. The van der Waals surface area contributed by atoms with Gasteiger partial charge in [-0.2, -0.15) is 8.78 Å². The molecule has 2 fully saturated rings. The van der Waals surface area contributed by atoms with Crippen molar-refractivity contribution in [3.05, 3.63) is 65.7 Å². The monoisotopic (exact) mass is 398 g/mol. The summed E-state index contributed by atoms with van der Waals surface area (Å²) in [5, 5.41) is 0. The van der Waals surface area contributed by atoms with Crippen LogP contribution < -0.4 is 4.74 Å². The highest BCUT2D eigenvalue weighted by Crippen LogP contribution is 2.44. The van der Waals surface area contributed by atoms with E-state index in [9.17, 15) is 8.78 Å². The third-order valence-electron chi connectivity index (χ3n) is 7.21. The summed E-state index contributed by atoms with van der Waals surface area (Å²) in [7, 11) is 0. The number of halogens is 2. The zero-order valence-electron chi connectivity index (χ0n) is 17.3. The summed E-state index contributed by atoms with van der Waals surface area (Å²) in [6.07, 6.45) is 7.23. The summed E-state index contributed by atoms with van der Waals surface area (Å²) in [6.45, 7) is 2.38. The van der Waals surface area contributed by atoms with Gasteiger partial charge in [0.25, 0.3) is 0 Å². The molecule has 2 aromatic rings. The minimum absolute atomic E-state index is 0.0879. The van der Waals surface area contributed by atoms with Gasteiger partial charge in [-0.25, -0.2) is 0 Å². The van der Waals surface area contributed by atoms with E-state index < -0.39 is 6.11 Å². The van der Waals surface area contributed by atoms with E-state index in [0.29, 0.717) is 5.92 Å². The van der Waals surface area contributed by atoms with Gasteiger partial charge < -0.3 is 4.74 Å². The maximum atomic E-state index is 14.5. The molecule has 0 spiro atoms. The summed E-state index contributed by atoms with van der Waals surface area (Å²) >= 11 is 0. The van der Waals surface area contributed by atoms with Crippen LogP contribution in [-0.2, 0) is 6.11 Å². The van der Waals surface area contributed by atoms with Crippen molar-refractivity contribution in [3.63, 3.8) is 0 Å². The second kappa shape index (κ2) is 8.85. The molecule has 2 aromatic carbocycles. The molecule has 29 heavy (non-hydrogen) atoms. The molecule has 0 aromatic heterocycles. The van der Waals surface area contributed by atoms with Crippen LogP contribution in [0, 0.1) is 17.8 Å². The average molecular weight is 399 g/mol. The number of hydrogen-bond acceptors (Lipinski definition) is 1. The average Bonchev–Trinajstić information content (AvgIpc) is 2.75. The molecular weight excluding hydrogens is 366 g/mol. The van der Waals surface area contributed by atoms with E-state index in [1.165, 1.54) is 69.1 Å².